The smallest absolute Gasteiger partial charge is 0.264 e. The molecule has 6 heteroatoms. The Bertz CT molecular complexity index is 449. The molecule has 1 heterocycles. The molecule has 1 unspecified atom stereocenters. The Morgan fingerprint density at radius 1 is 1.47 bits per heavy atom. The molecule has 2 amide bonds. The van der Waals surface area contributed by atoms with Gasteiger partial charge in [-0.25, -0.2) is 0 Å². The van der Waals surface area contributed by atoms with Crippen LogP contribution in [0.2, 0.25) is 0 Å². The Balaban J connectivity index is 2.89. The fourth-order valence-electron chi connectivity index (χ4n) is 1.44. The minimum absolute atomic E-state index is 0.0522. The van der Waals surface area contributed by atoms with Crippen molar-refractivity contribution in [1.82, 2.24) is 5.06 Å². The van der Waals surface area contributed by atoms with Crippen LogP contribution in [0.1, 0.15) is 13.3 Å². The molecule has 6 nitrogen and oxygen atoms in total. The van der Waals surface area contributed by atoms with Crippen LogP contribution in [0.15, 0.2) is 24.3 Å². The van der Waals surface area contributed by atoms with Crippen LogP contribution in [0.5, 0.6) is 0 Å². The minimum Gasteiger partial charge on any atom is -0.294 e. The van der Waals surface area contributed by atoms with Gasteiger partial charge in [0, 0.05) is 6.42 Å². The standard InChI is InChI=1S/C11H11NO5/c1-3-7(13)4-6(2)10(15)8-5-9(14)12(17)11(8)16/h3-4,8,17H,1,5H2,2H3. The maximum Gasteiger partial charge on any atom is 0.264 e. The first-order valence-corrected chi connectivity index (χ1v) is 4.83. The molecule has 1 rings (SSSR count). The fraction of sp³-hybridized carbons (Fsp3) is 0.273. The predicted molar refractivity (Wildman–Crippen MR) is 55.7 cm³/mol. The van der Waals surface area contributed by atoms with E-state index < -0.39 is 29.3 Å². The number of ketones is 2. The first kappa shape index (κ1) is 13.0. The van der Waals surface area contributed by atoms with Crippen LogP contribution in [-0.2, 0) is 19.2 Å². The molecule has 0 radical (unpaired) electrons. The Hall–Kier alpha value is -2.08. The summed E-state index contributed by atoms with van der Waals surface area (Å²) in [5.41, 5.74) is 0.0522. The molecule has 0 aromatic heterocycles. The van der Waals surface area contributed by atoms with E-state index in [-0.39, 0.29) is 17.1 Å². The lowest BCUT2D eigenvalue weighted by atomic mass is 9.96. The zero-order valence-electron chi connectivity index (χ0n) is 9.17. The first-order chi connectivity index (χ1) is 7.88. The third-order valence-corrected chi connectivity index (χ3v) is 2.39. The number of carbonyl (C=O) groups is 4. The number of amides is 2. The highest BCUT2D eigenvalue weighted by Gasteiger charge is 2.42. The molecule has 0 aliphatic carbocycles. The highest BCUT2D eigenvalue weighted by atomic mass is 16.5. The number of hydroxylamine groups is 2. The quantitative estimate of drug-likeness (QED) is 0.322. The number of hydrogen-bond acceptors (Lipinski definition) is 5. The maximum atomic E-state index is 11.7. The summed E-state index contributed by atoms with van der Waals surface area (Å²) in [7, 11) is 0. The number of rotatable bonds is 4. The van der Waals surface area contributed by atoms with Crippen LogP contribution in [0, 0.1) is 5.92 Å². The summed E-state index contributed by atoms with van der Waals surface area (Å²) < 4.78 is 0. The summed E-state index contributed by atoms with van der Waals surface area (Å²) in [5, 5.41) is 8.91. The summed E-state index contributed by atoms with van der Waals surface area (Å²) in [5.74, 6) is -4.13. The van der Waals surface area contributed by atoms with Crippen LogP contribution < -0.4 is 0 Å². The molecule has 1 aliphatic heterocycles. The lowest BCUT2D eigenvalue weighted by Gasteiger charge is -2.06. The monoisotopic (exact) mass is 237 g/mol. The van der Waals surface area contributed by atoms with Gasteiger partial charge >= 0.3 is 0 Å². The molecular formula is C11H11NO5. The molecule has 1 fully saturated rings. The van der Waals surface area contributed by atoms with Crippen LogP contribution >= 0.6 is 0 Å². The van der Waals surface area contributed by atoms with Gasteiger partial charge < -0.3 is 0 Å². The Morgan fingerprint density at radius 3 is 2.47 bits per heavy atom. The predicted octanol–water partition coefficient (Wildman–Crippen LogP) is 0.0212. The summed E-state index contributed by atoms with van der Waals surface area (Å²) >= 11 is 0. The molecule has 0 aromatic carbocycles. The van der Waals surface area contributed by atoms with E-state index in [1.165, 1.54) is 6.92 Å². The molecule has 0 bridgehead atoms. The van der Waals surface area contributed by atoms with E-state index in [1.807, 2.05) is 0 Å². The van der Waals surface area contributed by atoms with Gasteiger partial charge in [-0.05, 0) is 24.6 Å². The second kappa shape index (κ2) is 4.84. The van der Waals surface area contributed by atoms with Crippen molar-refractivity contribution in [2.75, 3.05) is 0 Å². The van der Waals surface area contributed by atoms with Crippen molar-refractivity contribution in [2.45, 2.75) is 13.3 Å². The van der Waals surface area contributed by atoms with E-state index >= 15 is 0 Å². The van der Waals surface area contributed by atoms with Crippen molar-refractivity contribution in [3.63, 3.8) is 0 Å². The number of Topliss-reactive ketones (excluding diaryl/α,β-unsaturated/α-hetero) is 1. The molecule has 0 aromatic rings. The second-order valence-electron chi connectivity index (χ2n) is 3.60. The zero-order valence-corrected chi connectivity index (χ0v) is 9.17. The molecule has 90 valence electrons. The minimum atomic E-state index is -1.23. The van der Waals surface area contributed by atoms with Gasteiger partial charge in [-0.3, -0.25) is 24.4 Å². The highest BCUT2D eigenvalue weighted by molar-refractivity contribution is 6.19. The van der Waals surface area contributed by atoms with Crippen LogP contribution in [-0.4, -0.2) is 33.7 Å². The first-order valence-electron chi connectivity index (χ1n) is 4.83. The number of imide groups is 1. The summed E-state index contributed by atoms with van der Waals surface area (Å²) in [4.78, 5) is 45.0. The van der Waals surface area contributed by atoms with Crippen molar-refractivity contribution in [3.05, 3.63) is 24.3 Å². The van der Waals surface area contributed by atoms with Gasteiger partial charge in [0.2, 0.25) is 0 Å². The number of allylic oxidation sites excluding steroid dienone is 3. The van der Waals surface area contributed by atoms with E-state index in [0.29, 0.717) is 0 Å². The molecule has 1 atom stereocenters. The SMILES string of the molecule is C=CC(=O)C=C(C)C(=O)C1CC(=O)N(O)C1=O. The highest BCUT2D eigenvalue weighted by Crippen LogP contribution is 2.21. The van der Waals surface area contributed by atoms with Crippen LogP contribution in [0.3, 0.4) is 0 Å². The van der Waals surface area contributed by atoms with Gasteiger partial charge in [-0.15, -0.1) is 0 Å². The third kappa shape index (κ3) is 2.54. The Morgan fingerprint density at radius 2 is 2.06 bits per heavy atom. The molecule has 1 aliphatic rings. The fourth-order valence-corrected chi connectivity index (χ4v) is 1.44. The van der Waals surface area contributed by atoms with E-state index in [2.05, 4.69) is 6.58 Å². The van der Waals surface area contributed by atoms with Crippen LogP contribution in [0.25, 0.3) is 0 Å². The van der Waals surface area contributed by atoms with Crippen molar-refractivity contribution >= 4 is 23.4 Å². The van der Waals surface area contributed by atoms with E-state index in [0.717, 1.165) is 12.2 Å². The Labute approximate surface area is 97.2 Å². The second-order valence-corrected chi connectivity index (χ2v) is 3.60. The Kier molecular flexibility index (Phi) is 3.69. The third-order valence-electron chi connectivity index (χ3n) is 2.39. The number of nitrogens with zero attached hydrogens (tertiary/aromatic N) is 1. The summed E-state index contributed by atoms with van der Waals surface area (Å²) in [6.45, 7) is 4.60. The average Bonchev–Trinajstić information content (AvgIpc) is 2.55. The zero-order chi connectivity index (χ0) is 13.2. The lowest BCUT2D eigenvalue weighted by molar-refractivity contribution is -0.172. The van der Waals surface area contributed by atoms with Crippen molar-refractivity contribution < 1.29 is 24.4 Å². The average molecular weight is 237 g/mol. The van der Waals surface area contributed by atoms with Crippen molar-refractivity contribution in [2.24, 2.45) is 5.92 Å². The molecular weight excluding hydrogens is 226 g/mol. The van der Waals surface area contributed by atoms with Gasteiger partial charge in [0.25, 0.3) is 11.8 Å². The largest absolute Gasteiger partial charge is 0.294 e. The van der Waals surface area contributed by atoms with Crippen molar-refractivity contribution in [3.8, 4) is 0 Å². The van der Waals surface area contributed by atoms with E-state index in [1.54, 1.807) is 0 Å². The lowest BCUT2D eigenvalue weighted by Crippen LogP contribution is -2.29. The van der Waals surface area contributed by atoms with Gasteiger partial charge in [0.15, 0.2) is 11.6 Å². The van der Waals surface area contributed by atoms with E-state index in [4.69, 9.17) is 5.21 Å². The van der Waals surface area contributed by atoms with Gasteiger partial charge in [-0.1, -0.05) is 6.58 Å². The van der Waals surface area contributed by atoms with Gasteiger partial charge in [0.05, 0.1) is 0 Å². The van der Waals surface area contributed by atoms with Gasteiger partial charge in [0.1, 0.15) is 5.92 Å². The maximum absolute atomic E-state index is 11.7. The summed E-state index contributed by atoms with van der Waals surface area (Å²) in [6, 6.07) is 0. The van der Waals surface area contributed by atoms with E-state index in [9.17, 15) is 19.2 Å². The molecule has 0 saturated carbocycles. The topological polar surface area (TPSA) is 91.8 Å². The number of hydrogen-bond donors (Lipinski definition) is 1. The summed E-state index contributed by atoms with van der Waals surface area (Å²) in [6.07, 6.45) is 1.69. The normalized spacial score (nSPS) is 20.7. The molecule has 0 spiro atoms. The van der Waals surface area contributed by atoms with Crippen molar-refractivity contribution in [1.29, 1.82) is 0 Å². The van der Waals surface area contributed by atoms with Gasteiger partial charge in [-0.2, -0.15) is 5.06 Å². The number of carbonyl (C=O) groups excluding carboxylic acids is 4. The molecule has 1 N–H and O–H groups in total. The van der Waals surface area contributed by atoms with Crippen LogP contribution in [0.4, 0.5) is 0 Å². The molecule has 1 saturated heterocycles. The molecule has 17 heavy (non-hydrogen) atoms.